The Hall–Kier alpha value is -2.89. The number of aryl methyl sites for hydroxylation is 2. The van der Waals surface area contributed by atoms with Crippen LogP contribution in [0.3, 0.4) is 0 Å². The van der Waals surface area contributed by atoms with Crippen LogP contribution >= 0.6 is 0 Å². The summed E-state index contributed by atoms with van der Waals surface area (Å²) in [5, 5.41) is 2.91. The summed E-state index contributed by atoms with van der Waals surface area (Å²) in [7, 11) is 1.87. The molecule has 1 N–H and O–H groups in total. The van der Waals surface area contributed by atoms with Gasteiger partial charge in [0.25, 0.3) is 5.91 Å². The molecule has 124 valence electrons. The summed E-state index contributed by atoms with van der Waals surface area (Å²) in [6.45, 7) is 5.04. The van der Waals surface area contributed by atoms with E-state index in [0.717, 1.165) is 22.5 Å². The standard InChI is InChI=1S/C18H20N4O2/c1-4-24-16-6-5-13(7-12(16)2)9-20-18(23)14-8-15-17(19-10-14)22(3)11-21-15/h5-8,10-11H,4,9H2,1-3H3,(H,20,23). The van der Waals surface area contributed by atoms with E-state index >= 15 is 0 Å². The molecular weight excluding hydrogens is 304 g/mol. The molecule has 2 aromatic heterocycles. The van der Waals surface area contributed by atoms with Crippen LogP contribution in [0, 0.1) is 6.92 Å². The Morgan fingerprint density at radius 3 is 2.88 bits per heavy atom. The van der Waals surface area contributed by atoms with Gasteiger partial charge in [0.1, 0.15) is 11.3 Å². The second kappa shape index (κ2) is 6.70. The maximum absolute atomic E-state index is 12.3. The number of carbonyl (C=O) groups excluding carboxylic acids is 1. The lowest BCUT2D eigenvalue weighted by atomic mass is 10.1. The Morgan fingerprint density at radius 2 is 2.12 bits per heavy atom. The molecule has 24 heavy (non-hydrogen) atoms. The van der Waals surface area contributed by atoms with Crippen LogP contribution in [0.15, 0.2) is 36.8 Å². The molecule has 0 radical (unpaired) electrons. The molecule has 0 bridgehead atoms. The highest BCUT2D eigenvalue weighted by atomic mass is 16.5. The van der Waals surface area contributed by atoms with Crippen LogP contribution in [0.1, 0.15) is 28.4 Å². The number of ether oxygens (including phenoxy) is 1. The van der Waals surface area contributed by atoms with Crippen LogP contribution in [-0.2, 0) is 13.6 Å². The summed E-state index contributed by atoms with van der Waals surface area (Å²) >= 11 is 0. The predicted octanol–water partition coefficient (Wildman–Crippen LogP) is 2.61. The van der Waals surface area contributed by atoms with E-state index in [0.29, 0.717) is 24.2 Å². The van der Waals surface area contributed by atoms with Crippen molar-refractivity contribution in [3.05, 3.63) is 53.5 Å². The van der Waals surface area contributed by atoms with Crippen molar-refractivity contribution in [1.82, 2.24) is 19.9 Å². The molecular formula is C18H20N4O2. The topological polar surface area (TPSA) is 69.0 Å². The maximum atomic E-state index is 12.3. The molecule has 0 saturated heterocycles. The lowest BCUT2D eigenvalue weighted by Gasteiger charge is -2.10. The van der Waals surface area contributed by atoms with Crippen LogP contribution in [0.25, 0.3) is 11.2 Å². The summed E-state index contributed by atoms with van der Waals surface area (Å²) < 4.78 is 7.34. The number of hydrogen-bond acceptors (Lipinski definition) is 4. The van der Waals surface area contributed by atoms with Gasteiger partial charge in [0.2, 0.25) is 0 Å². The van der Waals surface area contributed by atoms with Gasteiger partial charge in [-0.1, -0.05) is 12.1 Å². The smallest absolute Gasteiger partial charge is 0.253 e. The first-order valence-electron chi connectivity index (χ1n) is 7.86. The third-order valence-corrected chi connectivity index (χ3v) is 3.81. The Labute approximate surface area is 140 Å². The van der Waals surface area contributed by atoms with E-state index in [-0.39, 0.29) is 5.91 Å². The first kappa shape index (κ1) is 16.0. The number of amides is 1. The highest BCUT2D eigenvalue weighted by molar-refractivity contribution is 5.96. The van der Waals surface area contributed by atoms with E-state index < -0.39 is 0 Å². The molecule has 1 amide bonds. The van der Waals surface area contributed by atoms with E-state index in [2.05, 4.69) is 15.3 Å². The normalized spacial score (nSPS) is 10.8. The van der Waals surface area contributed by atoms with Crippen LogP contribution in [0.5, 0.6) is 5.75 Å². The van der Waals surface area contributed by atoms with Gasteiger partial charge < -0.3 is 14.6 Å². The molecule has 0 unspecified atom stereocenters. The van der Waals surface area contributed by atoms with Gasteiger partial charge >= 0.3 is 0 Å². The van der Waals surface area contributed by atoms with Crippen molar-refractivity contribution in [3.63, 3.8) is 0 Å². The minimum Gasteiger partial charge on any atom is -0.494 e. The Kier molecular flexibility index (Phi) is 4.46. The number of nitrogens with zero attached hydrogens (tertiary/aromatic N) is 3. The summed E-state index contributed by atoms with van der Waals surface area (Å²) in [5.74, 6) is 0.707. The van der Waals surface area contributed by atoms with Crippen molar-refractivity contribution in [3.8, 4) is 5.75 Å². The number of hydrogen-bond donors (Lipinski definition) is 1. The van der Waals surface area contributed by atoms with Crippen molar-refractivity contribution < 1.29 is 9.53 Å². The number of aromatic nitrogens is 3. The highest BCUT2D eigenvalue weighted by Gasteiger charge is 2.10. The summed E-state index contributed by atoms with van der Waals surface area (Å²) in [4.78, 5) is 20.8. The van der Waals surface area contributed by atoms with Crippen molar-refractivity contribution in [1.29, 1.82) is 0 Å². The van der Waals surface area contributed by atoms with Crippen molar-refractivity contribution in [2.75, 3.05) is 6.61 Å². The average Bonchev–Trinajstić information content (AvgIpc) is 2.95. The van der Waals surface area contributed by atoms with E-state index in [1.165, 1.54) is 0 Å². The summed E-state index contributed by atoms with van der Waals surface area (Å²) in [6.07, 6.45) is 3.25. The van der Waals surface area contributed by atoms with Crippen LogP contribution in [0.2, 0.25) is 0 Å². The van der Waals surface area contributed by atoms with Crippen molar-refractivity contribution >= 4 is 17.1 Å². The van der Waals surface area contributed by atoms with Gasteiger partial charge in [0.05, 0.1) is 18.5 Å². The van der Waals surface area contributed by atoms with Crippen molar-refractivity contribution in [2.24, 2.45) is 7.05 Å². The molecule has 0 aliphatic rings. The second-order valence-corrected chi connectivity index (χ2v) is 5.64. The Bertz CT molecular complexity index is 886. The molecule has 2 heterocycles. The highest BCUT2D eigenvalue weighted by Crippen LogP contribution is 2.19. The molecule has 0 atom stereocenters. The van der Waals surface area contributed by atoms with E-state index in [1.54, 1.807) is 18.6 Å². The first-order valence-corrected chi connectivity index (χ1v) is 7.86. The fourth-order valence-electron chi connectivity index (χ4n) is 2.56. The minimum atomic E-state index is -0.165. The predicted molar refractivity (Wildman–Crippen MR) is 92.0 cm³/mol. The van der Waals surface area contributed by atoms with Crippen LogP contribution in [0.4, 0.5) is 0 Å². The molecule has 0 fully saturated rings. The SMILES string of the molecule is CCOc1ccc(CNC(=O)c2cnc3c(c2)ncn3C)cc1C. The number of pyridine rings is 1. The zero-order valence-electron chi connectivity index (χ0n) is 14.0. The third kappa shape index (κ3) is 3.22. The zero-order valence-corrected chi connectivity index (χ0v) is 14.0. The number of fused-ring (bicyclic) bond motifs is 1. The monoisotopic (exact) mass is 324 g/mol. The maximum Gasteiger partial charge on any atom is 0.253 e. The fourth-order valence-corrected chi connectivity index (χ4v) is 2.56. The molecule has 0 aliphatic carbocycles. The lowest BCUT2D eigenvalue weighted by molar-refractivity contribution is 0.0950. The van der Waals surface area contributed by atoms with E-state index in [1.807, 2.05) is 43.7 Å². The minimum absolute atomic E-state index is 0.165. The van der Waals surface area contributed by atoms with Crippen LogP contribution in [-0.4, -0.2) is 27.0 Å². The number of rotatable bonds is 5. The van der Waals surface area contributed by atoms with E-state index in [9.17, 15) is 4.79 Å². The average molecular weight is 324 g/mol. The number of nitrogens with one attached hydrogen (secondary N) is 1. The number of benzene rings is 1. The van der Waals surface area contributed by atoms with Crippen molar-refractivity contribution in [2.45, 2.75) is 20.4 Å². The zero-order chi connectivity index (χ0) is 17.1. The summed E-state index contributed by atoms with van der Waals surface area (Å²) in [6, 6.07) is 7.66. The van der Waals surface area contributed by atoms with E-state index in [4.69, 9.17) is 4.74 Å². The number of imidazole rings is 1. The van der Waals surface area contributed by atoms with Gasteiger partial charge in [0.15, 0.2) is 5.65 Å². The molecule has 0 saturated carbocycles. The number of carbonyl (C=O) groups is 1. The third-order valence-electron chi connectivity index (χ3n) is 3.81. The first-order chi connectivity index (χ1) is 11.6. The van der Waals surface area contributed by atoms with Gasteiger partial charge in [-0.05, 0) is 37.1 Å². The Balaban J connectivity index is 1.69. The Morgan fingerprint density at radius 1 is 1.29 bits per heavy atom. The van der Waals surface area contributed by atoms with Crippen LogP contribution < -0.4 is 10.1 Å². The fraction of sp³-hybridized carbons (Fsp3) is 0.278. The molecule has 6 nitrogen and oxygen atoms in total. The van der Waals surface area contributed by atoms with Gasteiger partial charge in [0, 0.05) is 19.8 Å². The van der Waals surface area contributed by atoms with Gasteiger partial charge in [-0.25, -0.2) is 9.97 Å². The molecule has 6 heteroatoms. The van der Waals surface area contributed by atoms with Gasteiger partial charge in [-0.15, -0.1) is 0 Å². The van der Waals surface area contributed by atoms with Gasteiger partial charge in [-0.3, -0.25) is 4.79 Å². The molecule has 3 rings (SSSR count). The molecule has 1 aromatic carbocycles. The lowest BCUT2D eigenvalue weighted by Crippen LogP contribution is -2.23. The van der Waals surface area contributed by atoms with Gasteiger partial charge in [-0.2, -0.15) is 0 Å². The quantitative estimate of drug-likeness (QED) is 0.783. The largest absolute Gasteiger partial charge is 0.494 e. The molecule has 0 spiro atoms. The summed E-state index contributed by atoms with van der Waals surface area (Å²) in [5.41, 5.74) is 4.05. The molecule has 3 aromatic rings. The second-order valence-electron chi connectivity index (χ2n) is 5.64. The molecule has 0 aliphatic heterocycles.